The van der Waals surface area contributed by atoms with E-state index in [1.165, 1.54) is 11.1 Å². The second-order valence-corrected chi connectivity index (χ2v) is 8.41. The van der Waals surface area contributed by atoms with E-state index in [0.717, 1.165) is 55.5 Å². The van der Waals surface area contributed by atoms with E-state index in [1.54, 1.807) is 30.9 Å². The number of amides is 1. The van der Waals surface area contributed by atoms with Crippen LogP contribution < -0.4 is 14.4 Å². The number of carbonyl (C=O) groups is 1. The molecule has 2 aromatic carbocycles. The van der Waals surface area contributed by atoms with E-state index in [1.807, 2.05) is 17.0 Å². The molecule has 1 saturated heterocycles. The van der Waals surface area contributed by atoms with Crippen LogP contribution in [0.2, 0.25) is 0 Å². The van der Waals surface area contributed by atoms with Gasteiger partial charge in [-0.1, -0.05) is 30.3 Å². The molecule has 0 unspecified atom stereocenters. The van der Waals surface area contributed by atoms with Crippen LogP contribution in [0.15, 0.2) is 42.5 Å². The molecule has 0 spiro atoms. The number of rotatable bonds is 8. The summed E-state index contributed by atoms with van der Waals surface area (Å²) in [5.74, 6) is 3.02. The molecule has 0 aromatic heterocycles. The molecule has 1 fully saturated rings. The quantitative estimate of drug-likeness (QED) is 0.718. The topological polar surface area (TPSA) is 43.2 Å². The molecule has 1 amide bonds. The number of benzene rings is 2. The van der Waals surface area contributed by atoms with Crippen LogP contribution in [-0.2, 0) is 17.1 Å². The van der Waals surface area contributed by atoms with Gasteiger partial charge in [0, 0.05) is 11.3 Å². The standard InChI is InChI=1S/C23H30N2O3S/c1-18-13-21(27-2)22(28-3)14-20(18)16-29-17-23(26)25-11-9-24(10-12-25)15-19-7-5-4-6-8-19/h4-8,13-14H,9-12,15-17H2,1-3H3/p+1. The smallest absolute Gasteiger partial charge is 0.232 e. The number of aryl methyl sites for hydroxylation is 1. The summed E-state index contributed by atoms with van der Waals surface area (Å²) in [7, 11) is 3.29. The molecular formula is C23H31N2O3S+. The first-order chi connectivity index (χ1) is 14.1. The van der Waals surface area contributed by atoms with Crippen LogP contribution in [-0.4, -0.2) is 57.0 Å². The Labute approximate surface area is 178 Å². The van der Waals surface area contributed by atoms with E-state index in [-0.39, 0.29) is 5.91 Å². The van der Waals surface area contributed by atoms with E-state index >= 15 is 0 Å². The summed E-state index contributed by atoms with van der Waals surface area (Å²) < 4.78 is 10.7. The lowest BCUT2D eigenvalue weighted by atomic mass is 10.1. The first kappa shape index (κ1) is 21.5. The molecule has 156 valence electrons. The average molecular weight is 416 g/mol. The summed E-state index contributed by atoms with van der Waals surface area (Å²) in [4.78, 5) is 16.2. The van der Waals surface area contributed by atoms with Crippen LogP contribution in [0.25, 0.3) is 0 Å². The SMILES string of the molecule is COc1cc(C)c(CSCC(=O)N2CC[NH+](Cc3ccccc3)CC2)cc1OC. The van der Waals surface area contributed by atoms with Crippen LogP contribution >= 0.6 is 11.8 Å². The Morgan fingerprint density at radius 1 is 1.07 bits per heavy atom. The Morgan fingerprint density at radius 3 is 2.38 bits per heavy atom. The van der Waals surface area contributed by atoms with Crippen LogP contribution in [0.3, 0.4) is 0 Å². The van der Waals surface area contributed by atoms with Crippen molar-refractivity contribution in [2.75, 3.05) is 46.2 Å². The molecule has 0 aliphatic carbocycles. The lowest BCUT2D eigenvalue weighted by Crippen LogP contribution is -3.13. The maximum atomic E-state index is 12.6. The van der Waals surface area contributed by atoms with Gasteiger partial charge in [-0.25, -0.2) is 0 Å². The van der Waals surface area contributed by atoms with E-state index < -0.39 is 0 Å². The van der Waals surface area contributed by atoms with Crippen LogP contribution in [0.5, 0.6) is 11.5 Å². The minimum atomic E-state index is 0.242. The monoisotopic (exact) mass is 415 g/mol. The van der Waals surface area contributed by atoms with Gasteiger partial charge in [0.25, 0.3) is 0 Å². The minimum Gasteiger partial charge on any atom is -0.493 e. The number of hydrogen-bond acceptors (Lipinski definition) is 4. The van der Waals surface area contributed by atoms with Crippen molar-refractivity contribution in [3.8, 4) is 11.5 Å². The highest BCUT2D eigenvalue weighted by molar-refractivity contribution is 7.99. The summed E-state index contributed by atoms with van der Waals surface area (Å²) in [6, 6.07) is 14.6. The van der Waals surface area contributed by atoms with Crippen LogP contribution in [0.4, 0.5) is 0 Å². The fraction of sp³-hybridized carbons (Fsp3) is 0.435. The van der Waals surface area contributed by atoms with Crippen molar-refractivity contribution >= 4 is 17.7 Å². The lowest BCUT2D eigenvalue weighted by Gasteiger charge is -2.32. The van der Waals surface area contributed by atoms with Crippen molar-refractivity contribution < 1.29 is 19.2 Å². The fourth-order valence-electron chi connectivity index (χ4n) is 3.65. The van der Waals surface area contributed by atoms with Gasteiger partial charge in [-0.15, -0.1) is 11.8 Å². The molecule has 1 aliphatic heterocycles. The maximum absolute atomic E-state index is 12.6. The number of carbonyl (C=O) groups excluding carboxylic acids is 1. The number of ether oxygens (including phenoxy) is 2. The zero-order valence-corrected chi connectivity index (χ0v) is 18.4. The number of methoxy groups -OCH3 is 2. The van der Waals surface area contributed by atoms with Gasteiger partial charge in [0.15, 0.2) is 11.5 Å². The second kappa shape index (κ2) is 10.6. The fourth-order valence-corrected chi connectivity index (χ4v) is 4.64. The van der Waals surface area contributed by atoms with E-state index in [4.69, 9.17) is 9.47 Å². The Hall–Kier alpha value is -2.18. The van der Waals surface area contributed by atoms with Crippen LogP contribution in [0, 0.1) is 6.92 Å². The molecule has 0 radical (unpaired) electrons. The summed E-state index contributed by atoms with van der Waals surface area (Å²) in [5.41, 5.74) is 3.70. The third kappa shape index (κ3) is 5.90. The van der Waals surface area contributed by atoms with Gasteiger partial charge >= 0.3 is 0 Å². The Bertz CT molecular complexity index is 805. The van der Waals surface area contributed by atoms with Crippen molar-refractivity contribution in [1.29, 1.82) is 0 Å². The van der Waals surface area contributed by atoms with Gasteiger partial charge in [0.05, 0.1) is 46.2 Å². The lowest BCUT2D eigenvalue weighted by molar-refractivity contribution is -0.917. The predicted molar refractivity (Wildman–Crippen MR) is 118 cm³/mol. The van der Waals surface area contributed by atoms with Crippen molar-refractivity contribution in [2.45, 2.75) is 19.2 Å². The molecule has 0 atom stereocenters. The number of nitrogens with zero attached hydrogens (tertiary/aromatic N) is 1. The Balaban J connectivity index is 1.44. The second-order valence-electron chi connectivity index (χ2n) is 7.42. The number of hydrogen-bond donors (Lipinski definition) is 1. The largest absolute Gasteiger partial charge is 0.493 e. The zero-order valence-electron chi connectivity index (χ0n) is 17.6. The third-order valence-electron chi connectivity index (χ3n) is 5.45. The summed E-state index contributed by atoms with van der Waals surface area (Å²) in [6.07, 6.45) is 0. The number of quaternary nitrogens is 1. The van der Waals surface area contributed by atoms with Gasteiger partial charge in [0.2, 0.25) is 5.91 Å². The zero-order chi connectivity index (χ0) is 20.6. The number of piperazine rings is 1. The highest BCUT2D eigenvalue weighted by Gasteiger charge is 2.23. The molecule has 0 saturated carbocycles. The van der Waals surface area contributed by atoms with Crippen molar-refractivity contribution in [2.24, 2.45) is 0 Å². The highest BCUT2D eigenvalue weighted by atomic mass is 32.2. The molecule has 1 aliphatic rings. The molecular weight excluding hydrogens is 384 g/mol. The van der Waals surface area contributed by atoms with Gasteiger partial charge in [-0.2, -0.15) is 0 Å². The van der Waals surface area contributed by atoms with Crippen molar-refractivity contribution in [3.63, 3.8) is 0 Å². The number of thioether (sulfide) groups is 1. The molecule has 1 N–H and O–H groups in total. The molecule has 29 heavy (non-hydrogen) atoms. The van der Waals surface area contributed by atoms with E-state index in [0.29, 0.717) is 5.75 Å². The van der Waals surface area contributed by atoms with Gasteiger partial charge < -0.3 is 19.3 Å². The minimum absolute atomic E-state index is 0.242. The van der Waals surface area contributed by atoms with Crippen molar-refractivity contribution in [3.05, 3.63) is 59.2 Å². The molecule has 2 aromatic rings. The molecule has 6 heteroatoms. The molecule has 0 bridgehead atoms. The van der Waals surface area contributed by atoms with E-state index in [9.17, 15) is 4.79 Å². The first-order valence-corrected chi connectivity index (χ1v) is 11.2. The molecule has 1 heterocycles. The number of nitrogens with one attached hydrogen (secondary N) is 1. The van der Waals surface area contributed by atoms with Crippen molar-refractivity contribution in [1.82, 2.24) is 4.90 Å². The average Bonchev–Trinajstić information content (AvgIpc) is 2.75. The van der Waals surface area contributed by atoms with Gasteiger partial charge in [-0.05, 0) is 30.2 Å². The highest BCUT2D eigenvalue weighted by Crippen LogP contribution is 2.31. The Kier molecular flexibility index (Phi) is 7.83. The Morgan fingerprint density at radius 2 is 1.72 bits per heavy atom. The summed E-state index contributed by atoms with van der Waals surface area (Å²) >= 11 is 1.66. The first-order valence-electron chi connectivity index (χ1n) is 10.0. The normalized spacial score (nSPS) is 14.7. The van der Waals surface area contributed by atoms with Crippen LogP contribution in [0.1, 0.15) is 16.7 Å². The molecule has 3 rings (SSSR count). The maximum Gasteiger partial charge on any atom is 0.232 e. The third-order valence-corrected chi connectivity index (χ3v) is 6.41. The summed E-state index contributed by atoms with van der Waals surface area (Å²) in [6.45, 7) is 6.82. The molecule has 5 nitrogen and oxygen atoms in total. The van der Waals surface area contributed by atoms with E-state index in [2.05, 4.69) is 37.3 Å². The van der Waals surface area contributed by atoms with Gasteiger partial charge in [0.1, 0.15) is 6.54 Å². The predicted octanol–water partition coefficient (Wildman–Crippen LogP) is 2.17. The van der Waals surface area contributed by atoms with Gasteiger partial charge in [-0.3, -0.25) is 4.79 Å². The summed E-state index contributed by atoms with van der Waals surface area (Å²) in [5, 5.41) is 0.